The second kappa shape index (κ2) is 7.33. The number of nitrogens with zero attached hydrogens (tertiary/aromatic N) is 2. The van der Waals surface area contributed by atoms with E-state index in [9.17, 15) is 4.79 Å². The van der Waals surface area contributed by atoms with E-state index in [0.717, 1.165) is 23.6 Å². The standard InChI is InChI=1S/C13H20N2OS/c1-11-7-8-12(14-10-11)17-9-5-4-6-13(16)15(2)3/h7-8,10H,4-6,9H2,1-3H3. The number of thioether (sulfide) groups is 1. The summed E-state index contributed by atoms with van der Waals surface area (Å²) in [4.78, 5) is 17.3. The first-order valence-electron chi connectivity index (χ1n) is 5.85. The molecule has 0 saturated carbocycles. The quantitative estimate of drug-likeness (QED) is 0.576. The van der Waals surface area contributed by atoms with Crippen LogP contribution in [0.4, 0.5) is 0 Å². The van der Waals surface area contributed by atoms with Crippen LogP contribution in [0.2, 0.25) is 0 Å². The van der Waals surface area contributed by atoms with Crippen LogP contribution >= 0.6 is 11.8 Å². The third kappa shape index (κ3) is 5.73. The molecule has 0 aliphatic rings. The van der Waals surface area contributed by atoms with Gasteiger partial charge in [0.1, 0.15) is 0 Å². The maximum atomic E-state index is 11.3. The fraction of sp³-hybridized carbons (Fsp3) is 0.538. The lowest BCUT2D eigenvalue weighted by molar-refractivity contribution is -0.128. The Morgan fingerprint density at radius 3 is 2.71 bits per heavy atom. The van der Waals surface area contributed by atoms with Gasteiger partial charge in [-0.1, -0.05) is 6.07 Å². The van der Waals surface area contributed by atoms with Crippen molar-refractivity contribution in [2.45, 2.75) is 31.2 Å². The maximum Gasteiger partial charge on any atom is 0.222 e. The summed E-state index contributed by atoms with van der Waals surface area (Å²) in [6.07, 6.45) is 4.54. The van der Waals surface area contributed by atoms with Gasteiger partial charge in [-0.15, -0.1) is 11.8 Å². The fourth-order valence-corrected chi connectivity index (χ4v) is 2.17. The van der Waals surface area contributed by atoms with E-state index in [-0.39, 0.29) is 5.91 Å². The van der Waals surface area contributed by atoms with E-state index >= 15 is 0 Å². The van der Waals surface area contributed by atoms with Gasteiger partial charge in [0.05, 0.1) is 5.03 Å². The van der Waals surface area contributed by atoms with E-state index in [0.29, 0.717) is 6.42 Å². The Bertz CT molecular complexity index is 349. The summed E-state index contributed by atoms with van der Waals surface area (Å²) in [6, 6.07) is 4.12. The Hall–Kier alpha value is -1.03. The molecule has 0 unspecified atom stereocenters. The SMILES string of the molecule is Cc1ccc(SCCCCC(=O)N(C)C)nc1. The number of carbonyl (C=O) groups excluding carboxylic acids is 1. The number of pyridine rings is 1. The molecule has 0 fully saturated rings. The molecule has 1 amide bonds. The minimum Gasteiger partial charge on any atom is -0.349 e. The van der Waals surface area contributed by atoms with Crippen LogP contribution in [0, 0.1) is 6.92 Å². The van der Waals surface area contributed by atoms with Crippen molar-refractivity contribution in [1.29, 1.82) is 0 Å². The lowest BCUT2D eigenvalue weighted by Crippen LogP contribution is -2.21. The van der Waals surface area contributed by atoms with Crippen LogP contribution in [0.5, 0.6) is 0 Å². The Balaban J connectivity index is 2.12. The number of carbonyl (C=O) groups is 1. The van der Waals surface area contributed by atoms with E-state index in [2.05, 4.69) is 11.1 Å². The zero-order valence-corrected chi connectivity index (χ0v) is 11.6. The predicted molar refractivity (Wildman–Crippen MR) is 72.2 cm³/mol. The lowest BCUT2D eigenvalue weighted by atomic mass is 10.2. The van der Waals surface area contributed by atoms with Gasteiger partial charge >= 0.3 is 0 Å². The highest BCUT2D eigenvalue weighted by Crippen LogP contribution is 2.17. The van der Waals surface area contributed by atoms with Crippen molar-refractivity contribution in [2.75, 3.05) is 19.8 Å². The summed E-state index contributed by atoms with van der Waals surface area (Å²) in [5, 5.41) is 1.06. The third-order valence-corrected chi connectivity index (χ3v) is 3.45. The van der Waals surface area contributed by atoms with Crippen molar-refractivity contribution in [1.82, 2.24) is 9.88 Å². The van der Waals surface area contributed by atoms with Crippen molar-refractivity contribution in [2.24, 2.45) is 0 Å². The molecule has 0 radical (unpaired) electrons. The van der Waals surface area contributed by atoms with Gasteiger partial charge in [-0.3, -0.25) is 4.79 Å². The molecular formula is C13H20N2OS. The van der Waals surface area contributed by atoms with Crippen LogP contribution in [0.25, 0.3) is 0 Å². The molecule has 0 saturated heterocycles. The summed E-state index contributed by atoms with van der Waals surface area (Å²) in [5.74, 6) is 1.24. The number of rotatable bonds is 6. The van der Waals surface area contributed by atoms with Gasteiger partial charge in [-0.2, -0.15) is 0 Å². The molecule has 4 heteroatoms. The third-order valence-electron chi connectivity index (χ3n) is 2.42. The summed E-state index contributed by atoms with van der Waals surface area (Å²) in [7, 11) is 3.60. The Kier molecular flexibility index (Phi) is 6.05. The van der Waals surface area contributed by atoms with Gasteiger partial charge in [-0.25, -0.2) is 4.98 Å². The van der Waals surface area contributed by atoms with Crippen LogP contribution in [-0.4, -0.2) is 35.6 Å². The highest BCUT2D eigenvalue weighted by Gasteiger charge is 2.03. The van der Waals surface area contributed by atoms with Crippen LogP contribution in [-0.2, 0) is 4.79 Å². The number of aryl methyl sites for hydroxylation is 1. The van der Waals surface area contributed by atoms with Gasteiger partial charge in [0.15, 0.2) is 0 Å². The molecule has 0 aromatic carbocycles. The Morgan fingerprint density at radius 2 is 2.12 bits per heavy atom. The molecule has 0 atom stereocenters. The van der Waals surface area contributed by atoms with Gasteiger partial charge < -0.3 is 4.90 Å². The smallest absolute Gasteiger partial charge is 0.222 e. The van der Waals surface area contributed by atoms with Crippen LogP contribution in [0.15, 0.2) is 23.4 Å². The average Bonchev–Trinajstić information content (AvgIpc) is 2.30. The molecule has 1 heterocycles. The second-order valence-electron chi connectivity index (χ2n) is 4.27. The van der Waals surface area contributed by atoms with Gasteiger partial charge in [0, 0.05) is 26.7 Å². The summed E-state index contributed by atoms with van der Waals surface area (Å²) >= 11 is 1.75. The molecule has 17 heavy (non-hydrogen) atoms. The van der Waals surface area contributed by atoms with Crippen molar-refractivity contribution in [3.63, 3.8) is 0 Å². The minimum atomic E-state index is 0.212. The monoisotopic (exact) mass is 252 g/mol. The topological polar surface area (TPSA) is 33.2 Å². The van der Waals surface area contributed by atoms with E-state index < -0.39 is 0 Å². The first-order valence-corrected chi connectivity index (χ1v) is 6.84. The first kappa shape index (κ1) is 14.0. The van der Waals surface area contributed by atoms with Crippen molar-refractivity contribution in [3.8, 4) is 0 Å². The molecule has 0 aliphatic carbocycles. The predicted octanol–water partition coefficient (Wildman–Crippen LogP) is 2.74. The molecule has 0 aliphatic heterocycles. The first-order chi connectivity index (χ1) is 8.09. The number of hydrogen-bond donors (Lipinski definition) is 0. The summed E-state index contributed by atoms with van der Waals surface area (Å²) < 4.78 is 0. The van der Waals surface area contributed by atoms with E-state index in [1.165, 1.54) is 5.56 Å². The van der Waals surface area contributed by atoms with Gasteiger partial charge in [0.25, 0.3) is 0 Å². The lowest BCUT2D eigenvalue weighted by Gasteiger charge is -2.09. The van der Waals surface area contributed by atoms with Crippen LogP contribution in [0.1, 0.15) is 24.8 Å². The van der Waals surface area contributed by atoms with Crippen molar-refractivity contribution < 1.29 is 4.79 Å². The molecule has 1 aromatic heterocycles. The second-order valence-corrected chi connectivity index (χ2v) is 5.38. The molecule has 0 N–H and O–H groups in total. The van der Waals surface area contributed by atoms with E-state index in [1.807, 2.05) is 19.2 Å². The Labute approximate surface area is 108 Å². The van der Waals surface area contributed by atoms with E-state index in [4.69, 9.17) is 0 Å². The fourth-order valence-electron chi connectivity index (χ4n) is 1.32. The van der Waals surface area contributed by atoms with Crippen LogP contribution in [0.3, 0.4) is 0 Å². The minimum absolute atomic E-state index is 0.212. The molecular weight excluding hydrogens is 232 g/mol. The molecule has 3 nitrogen and oxygen atoms in total. The number of hydrogen-bond acceptors (Lipinski definition) is 3. The number of amides is 1. The van der Waals surface area contributed by atoms with Crippen molar-refractivity contribution in [3.05, 3.63) is 23.9 Å². The highest BCUT2D eigenvalue weighted by molar-refractivity contribution is 7.99. The largest absolute Gasteiger partial charge is 0.349 e. The molecule has 94 valence electrons. The molecule has 0 spiro atoms. The number of aromatic nitrogens is 1. The van der Waals surface area contributed by atoms with Gasteiger partial charge in [-0.05, 0) is 37.1 Å². The van der Waals surface area contributed by atoms with Crippen molar-refractivity contribution >= 4 is 17.7 Å². The average molecular weight is 252 g/mol. The summed E-state index contributed by atoms with van der Waals surface area (Å²) in [6.45, 7) is 2.04. The van der Waals surface area contributed by atoms with E-state index in [1.54, 1.807) is 30.8 Å². The number of unbranched alkanes of at least 4 members (excludes halogenated alkanes) is 1. The Morgan fingerprint density at radius 1 is 1.35 bits per heavy atom. The highest BCUT2D eigenvalue weighted by atomic mass is 32.2. The molecule has 1 aromatic rings. The molecule has 1 rings (SSSR count). The maximum absolute atomic E-state index is 11.3. The zero-order chi connectivity index (χ0) is 12.7. The van der Waals surface area contributed by atoms with Gasteiger partial charge in [0.2, 0.25) is 5.91 Å². The molecule has 0 bridgehead atoms. The normalized spacial score (nSPS) is 10.3. The van der Waals surface area contributed by atoms with Crippen LogP contribution < -0.4 is 0 Å². The zero-order valence-electron chi connectivity index (χ0n) is 10.8. The summed E-state index contributed by atoms with van der Waals surface area (Å²) in [5.41, 5.74) is 1.19.